The summed E-state index contributed by atoms with van der Waals surface area (Å²) in [5.41, 5.74) is 0.446. The van der Waals surface area contributed by atoms with Crippen LogP contribution in [0.4, 0.5) is 0 Å². The van der Waals surface area contributed by atoms with Crippen molar-refractivity contribution in [3.05, 3.63) is 11.7 Å². The van der Waals surface area contributed by atoms with Gasteiger partial charge in [0, 0.05) is 23.7 Å². The summed E-state index contributed by atoms with van der Waals surface area (Å²) >= 11 is 0. The second kappa shape index (κ2) is 12.5. The number of hydrogen-bond acceptors (Lipinski definition) is 4. The maximum absolute atomic E-state index is 12.0. The maximum atomic E-state index is 12.0. The Kier molecular flexibility index (Phi) is 12.9. The SMILES string of the molecule is C.C.CC(C)(C)C(=O)CC1CCC(C(C)(C)C)CC1.CC(C)(C)Cc1noc(C(C)(C)C)n1. The molecule has 1 aliphatic carbocycles. The van der Waals surface area contributed by atoms with E-state index in [9.17, 15) is 4.79 Å². The van der Waals surface area contributed by atoms with Crippen LogP contribution in [0.25, 0.3) is 0 Å². The van der Waals surface area contributed by atoms with Crippen LogP contribution < -0.4 is 0 Å². The van der Waals surface area contributed by atoms with Crippen molar-refractivity contribution in [2.24, 2.45) is 28.1 Å². The van der Waals surface area contributed by atoms with Crippen molar-refractivity contribution < 1.29 is 9.32 Å². The van der Waals surface area contributed by atoms with Gasteiger partial charge in [0.1, 0.15) is 5.78 Å². The Morgan fingerprint density at radius 2 is 1.33 bits per heavy atom. The molecule has 196 valence electrons. The fourth-order valence-electron chi connectivity index (χ4n) is 3.91. The Bertz CT molecular complexity index is 683. The lowest BCUT2D eigenvalue weighted by molar-refractivity contribution is -0.127. The summed E-state index contributed by atoms with van der Waals surface area (Å²) in [4.78, 5) is 16.4. The highest BCUT2D eigenvalue weighted by molar-refractivity contribution is 5.83. The number of Topliss-reactive ketones (excluding diaryl/α,β-unsaturated/α-hetero) is 1. The van der Waals surface area contributed by atoms with Crippen LogP contribution in [0.15, 0.2) is 4.52 Å². The zero-order chi connectivity index (χ0) is 24.3. The van der Waals surface area contributed by atoms with Crippen LogP contribution in [0.2, 0.25) is 0 Å². The summed E-state index contributed by atoms with van der Waals surface area (Å²) in [7, 11) is 0. The molecule has 2 rings (SSSR count). The van der Waals surface area contributed by atoms with Crippen LogP contribution in [0.5, 0.6) is 0 Å². The molecule has 0 aromatic carbocycles. The molecule has 1 fully saturated rings. The highest BCUT2D eigenvalue weighted by Gasteiger charge is 2.32. The molecule has 33 heavy (non-hydrogen) atoms. The molecule has 0 bridgehead atoms. The van der Waals surface area contributed by atoms with Crippen molar-refractivity contribution >= 4 is 5.78 Å². The van der Waals surface area contributed by atoms with Crippen molar-refractivity contribution in [2.75, 3.05) is 0 Å². The van der Waals surface area contributed by atoms with Gasteiger partial charge in [0.2, 0.25) is 5.89 Å². The van der Waals surface area contributed by atoms with Gasteiger partial charge in [-0.2, -0.15) is 4.98 Å². The van der Waals surface area contributed by atoms with Crippen molar-refractivity contribution in [3.63, 3.8) is 0 Å². The summed E-state index contributed by atoms with van der Waals surface area (Å²) in [5, 5.41) is 3.98. The zero-order valence-electron chi connectivity index (χ0n) is 22.6. The number of aromatic nitrogens is 2. The number of rotatable bonds is 3. The smallest absolute Gasteiger partial charge is 0.232 e. The van der Waals surface area contributed by atoms with Crippen LogP contribution in [-0.2, 0) is 16.6 Å². The third kappa shape index (κ3) is 12.7. The molecule has 0 aliphatic heterocycles. The summed E-state index contributed by atoms with van der Waals surface area (Å²) < 4.78 is 5.21. The number of carbonyl (C=O) groups is 1. The van der Waals surface area contributed by atoms with Crippen molar-refractivity contribution in [3.8, 4) is 0 Å². The van der Waals surface area contributed by atoms with Gasteiger partial charge in [0.25, 0.3) is 0 Å². The third-order valence-electron chi connectivity index (χ3n) is 6.18. The summed E-state index contributed by atoms with van der Waals surface area (Å²) in [6.45, 7) is 25.9. The van der Waals surface area contributed by atoms with Crippen LogP contribution in [0.1, 0.15) is 142 Å². The maximum Gasteiger partial charge on any atom is 0.232 e. The largest absolute Gasteiger partial charge is 0.339 e. The normalized spacial score (nSPS) is 19.5. The molecular weight excluding hydrogens is 408 g/mol. The van der Waals surface area contributed by atoms with E-state index in [0.717, 1.165) is 30.5 Å². The quantitative estimate of drug-likeness (QED) is 0.445. The highest BCUT2D eigenvalue weighted by atomic mass is 16.5. The number of nitrogens with zero attached hydrogens (tertiary/aromatic N) is 2. The van der Waals surface area contributed by atoms with Gasteiger partial charge in [-0.25, -0.2) is 0 Å². The van der Waals surface area contributed by atoms with E-state index in [0.29, 0.717) is 17.1 Å². The topological polar surface area (TPSA) is 56.0 Å². The van der Waals surface area contributed by atoms with E-state index in [-0.39, 0.29) is 31.1 Å². The standard InChI is InChI=1S/C16H30O.C11H20N2O.2CH4/c1-15(2,3)13-9-7-12(8-10-13)11-14(17)16(4,5)6;1-10(2,3)7-8-12-9(14-13-8)11(4,5)6;;/h12-13H,7-11H2,1-6H3;7H2,1-6H3;2*1H4. The van der Waals surface area contributed by atoms with Gasteiger partial charge in [0.15, 0.2) is 5.82 Å². The molecule has 1 aliphatic rings. The second-order valence-corrected chi connectivity index (χ2v) is 14.0. The average molecular weight is 467 g/mol. The number of hydrogen-bond donors (Lipinski definition) is 0. The molecule has 0 atom stereocenters. The predicted octanol–water partition coefficient (Wildman–Crippen LogP) is 9.07. The van der Waals surface area contributed by atoms with Crippen molar-refractivity contribution in [2.45, 2.75) is 142 Å². The Morgan fingerprint density at radius 1 is 0.848 bits per heavy atom. The van der Waals surface area contributed by atoms with Crippen LogP contribution in [0.3, 0.4) is 0 Å². The average Bonchev–Trinajstić information content (AvgIpc) is 3.01. The minimum absolute atomic E-state index is 0. The van der Waals surface area contributed by atoms with Crippen LogP contribution >= 0.6 is 0 Å². The van der Waals surface area contributed by atoms with Gasteiger partial charge in [-0.15, -0.1) is 0 Å². The minimum Gasteiger partial charge on any atom is -0.339 e. The molecule has 0 radical (unpaired) electrons. The molecule has 1 aromatic rings. The van der Waals surface area contributed by atoms with E-state index in [1.807, 2.05) is 20.8 Å². The fraction of sp³-hybridized carbons (Fsp3) is 0.897. The Labute approximate surface area is 207 Å². The highest BCUT2D eigenvalue weighted by Crippen LogP contribution is 2.41. The van der Waals surface area contributed by atoms with Crippen LogP contribution in [0, 0.1) is 28.1 Å². The molecule has 0 unspecified atom stereocenters. The molecule has 1 saturated carbocycles. The van der Waals surface area contributed by atoms with E-state index in [1.165, 1.54) is 25.7 Å². The molecule has 0 amide bonds. The monoisotopic (exact) mass is 466 g/mol. The third-order valence-corrected chi connectivity index (χ3v) is 6.18. The Balaban J connectivity index is 0. The van der Waals surface area contributed by atoms with E-state index in [4.69, 9.17) is 4.52 Å². The second-order valence-electron chi connectivity index (χ2n) is 14.0. The lowest BCUT2D eigenvalue weighted by Crippen LogP contribution is -2.29. The Morgan fingerprint density at radius 3 is 1.67 bits per heavy atom. The molecule has 0 N–H and O–H groups in total. The first-order valence-corrected chi connectivity index (χ1v) is 12.2. The Hall–Kier alpha value is -1.19. The molecule has 1 heterocycles. The van der Waals surface area contributed by atoms with E-state index in [2.05, 4.69) is 72.5 Å². The van der Waals surface area contributed by atoms with E-state index < -0.39 is 0 Å². The van der Waals surface area contributed by atoms with E-state index >= 15 is 0 Å². The van der Waals surface area contributed by atoms with Gasteiger partial charge in [-0.1, -0.05) is 103 Å². The zero-order valence-corrected chi connectivity index (χ0v) is 22.6. The van der Waals surface area contributed by atoms with Crippen molar-refractivity contribution in [1.82, 2.24) is 10.1 Å². The van der Waals surface area contributed by atoms with Crippen LogP contribution in [-0.4, -0.2) is 15.9 Å². The molecule has 1 aromatic heterocycles. The van der Waals surface area contributed by atoms with Gasteiger partial charge >= 0.3 is 0 Å². The molecular formula is C29H58N2O2. The van der Waals surface area contributed by atoms with E-state index in [1.54, 1.807) is 0 Å². The van der Waals surface area contributed by atoms with Crippen molar-refractivity contribution in [1.29, 1.82) is 0 Å². The molecule has 4 nitrogen and oxygen atoms in total. The molecule has 0 saturated heterocycles. The summed E-state index contributed by atoms with van der Waals surface area (Å²) in [6.07, 6.45) is 6.79. The molecule has 4 heteroatoms. The number of ketones is 1. The predicted molar refractivity (Wildman–Crippen MR) is 144 cm³/mol. The van der Waals surface area contributed by atoms with Gasteiger partial charge in [-0.3, -0.25) is 4.79 Å². The van der Waals surface area contributed by atoms with Gasteiger partial charge in [-0.05, 0) is 48.3 Å². The first kappa shape index (κ1) is 34.0. The summed E-state index contributed by atoms with van der Waals surface area (Å²) in [5.74, 6) is 3.47. The lowest BCUT2D eigenvalue weighted by atomic mass is 9.68. The number of carbonyl (C=O) groups excluding carboxylic acids is 1. The van der Waals surface area contributed by atoms with Gasteiger partial charge < -0.3 is 4.52 Å². The minimum atomic E-state index is -0.152. The molecule has 0 spiro atoms. The first-order chi connectivity index (χ1) is 13.8. The summed E-state index contributed by atoms with van der Waals surface area (Å²) in [6, 6.07) is 0. The first-order valence-electron chi connectivity index (χ1n) is 12.2. The fourth-order valence-corrected chi connectivity index (χ4v) is 3.91. The lowest BCUT2D eigenvalue weighted by Gasteiger charge is -2.37. The van der Waals surface area contributed by atoms with Gasteiger partial charge in [0.05, 0.1) is 0 Å².